The SMILES string of the molecule is CC1CCN(C(=O)COC2CCN(C)CC2)CC1. The maximum absolute atomic E-state index is 12.0. The van der Waals surface area contributed by atoms with Gasteiger partial charge in [-0.2, -0.15) is 0 Å². The van der Waals surface area contributed by atoms with Crippen LogP contribution in [0.2, 0.25) is 0 Å². The number of hydrogen-bond acceptors (Lipinski definition) is 3. The fraction of sp³-hybridized carbons (Fsp3) is 0.929. The molecule has 4 nitrogen and oxygen atoms in total. The number of hydrogen-bond donors (Lipinski definition) is 0. The van der Waals surface area contributed by atoms with Crippen LogP contribution in [0, 0.1) is 5.92 Å². The Labute approximate surface area is 110 Å². The van der Waals surface area contributed by atoms with Gasteiger partial charge in [0.1, 0.15) is 6.61 Å². The number of nitrogens with zero attached hydrogens (tertiary/aromatic N) is 2. The predicted molar refractivity (Wildman–Crippen MR) is 71.4 cm³/mol. The molecular weight excluding hydrogens is 228 g/mol. The molecule has 2 saturated heterocycles. The van der Waals surface area contributed by atoms with Crippen molar-refractivity contribution in [1.82, 2.24) is 9.80 Å². The van der Waals surface area contributed by atoms with Crippen LogP contribution in [0.5, 0.6) is 0 Å². The van der Waals surface area contributed by atoms with Crippen molar-refractivity contribution in [3.8, 4) is 0 Å². The number of ether oxygens (including phenoxy) is 1. The molecule has 2 fully saturated rings. The largest absolute Gasteiger partial charge is 0.368 e. The van der Waals surface area contributed by atoms with Crippen molar-refractivity contribution in [3.05, 3.63) is 0 Å². The molecule has 2 heterocycles. The highest BCUT2D eigenvalue weighted by atomic mass is 16.5. The smallest absolute Gasteiger partial charge is 0.248 e. The fourth-order valence-corrected chi connectivity index (χ4v) is 2.69. The van der Waals surface area contributed by atoms with Crippen molar-refractivity contribution in [3.63, 3.8) is 0 Å². The molecule has 2 rings (SSSR count). The molecule has 0 saturated carbocycles. The third-order valence-electron chi connectivity index (χ3n) is 4.24. The van der Waals surface area contributed by atoms with Crippen LogP contribution in [0.4, 0.5) is 0 Å². The Bertz CT molecular complexity index is 267. The maximum atomic E-state index is 12.0. The Morgan fingerprint density at radius 2 is 1.72 bits per heavy atom. The van der Waals surface area contributed by atoms with Crippen LogP contribution in [0.3, 0.4) is 0 Å². The van der Waals surface area contributed by atoms with Crippen LogP contribution in [0.25, 0.3) is 0 Å². The standard InChI is InChI=1S/C14H26N2O2/c1-12-3-9-16(10-4-12)14(17)11-18-13-5-7-15(2)8-6-13/h12-13H,3-11H2,1-2H3. The summed E-state index contributed by atoms with van der Waals surface area (Å²) in [4.78, 5) is 16.3. The van der Waals surface area contributed by atoms with Crippen LogP contribution in [0.15, 0.2) is 0 Å². The van der Waals surface area contributed by atoms with E-state index in [1.54, 1.807) is 0 Å². The lowest BCUT2D eigenvalue weighted by Crippen LogP contribution is -2.41. The maximum Gasteiger partial charge on any atom is 0.248 e. The summed E-state index contributed by atoms with van der Waals surface area (Å²) in [5, 5.41) is 0. The monoisotopic (exact) mass is 254 g/mol. The quantitative estimate of drug-likeness (QED) is 0.762. The molecule has 0 N–H and O–H groups in total. The molecule has 0 aromatic carbocycles. The molecule has 0 unspecified atom stereocenters. The van der Waals surface area contributed by atoms with Gasteiger partial charge in [0, 0.05) is 26.2 Å². The van der Waals surface area contributed by atoms with E-state index in [2.05, 4.69) is 18.9 Å². The second-order valence-corrected chi connectivity index (χ2v) is 5.88. The van der Waals surface area contributed by atoms with Crippen molar-refractivity contribution < 1.29 is 9.53 Å². The Hall–Kier alpha value is -0.610. The minimum Gasteiger partial charge on any atom is -0.368 e. The highest BCUT2D eigenvalue weighted by molar-refractivity contribution is 5.77. The summed E-state index contributed by atoms with van der Waals surface area (Å²) in [6, 6.07) is 0. The van der Waals surface area contributed by atoms with Crippen molar-refractivity contribution in [1.29, 1.82) is 0 Å². The van der Waals surface area contributed by atoms with Gasteiger partial charge in [0.25, 0.3) is 0 Å². The highest BCUT2D eigenvalue weighted by Crippen LogP contribution is 2.17. The summed E-state index contributed by atoms with van der Waals surface area (Å²) < 4.78 is 5.76. The van der Waals surface area contributed by atoms with Gasteiger partial charge < -0.3 is 14.5 Å². The zero-order valence-electron chi connectivity index (χ0n) is 11.7. The molecule has 0 aliphatic carbocycles. The first-order chi connectivity index (χ1) is 8.65. The first-order valence-corrected chi connectivity index (χ1v) is 7.23. The van der Waals surface area contributed by atoms with E-state index in [0.29, 0.717) is 0 Å². The number of likely N-dealkylation sites (tertiary alicyclic amines) is 2. The summed E-state index contributed by atoms with van der Waals surface area (Å²) in [6.45, 7) is 6.54. The minimum absolute atomic E-state index is 0.181. The summed E-state index contributed by atoms with van der Waals surface area (Å²) in [6.07, 6.45) is 4.68. The van der Waals surface area contributed by atoms with Gasteiger partial charge in [-0.05, 0) is 38.6 Å². The molecule has 0 atom stereocenters. The summed E-state index contributed by atoms with van der Waals surface area (Å²) >= 11 is 0. The third kappa shape index (κ3) is 3.95. The Morgan fingerprint density at radius 3 is 2.33 bits per heavy atom. The first-order valence-electron chi connectivity index (χ1n) is 7.23. The molecular formula is C14H26N2O2. The second kappa shape index (κ2) is 6.53. The molecule has 1 amide bonds. The van der Waals surface area contributed by atoms with E-state index in [-0.39, 0.29) is 18.6 Å². The summed E-state index contributed by atoms with van der Waals surface area (Å²) in [7, 11) is 2.14. The zero-order chi connectivity index (χ0) is 13.0. The van der Waals surface area contributed by atoms with E-state index in [1.165, 1.54) is 0 Å². The van der Waals surface area contributed by atoms with Crippen molar-refractivity contribution >= 4 is 5.91 Å². The van der Waals surface area contributed by atoms with Crippen molar-refractivity contribution in [2.24, 2.45) is 5.92 Å². The number of amides is 1. The topological polar surface area (TPSA) is 32.8 Å². The van der Waals surface area contributed by atoms with E-state index in [1.807, 2.05) is 4.90 Å². The number of rotatable bonds is 3. The number of carbonyl (C=O) groups excluding carboxylic acids is 1. The Balaban J connectivity index is 1.65. The average molecular weight is 254 g/mol. The molecule has 0 aromatic heterocycles. The Morgan fingerprint density at radius 1 is 1.11 bits per heavy atom. The van der Waals surface area contributed by atoms with Crippen LogP contribution < -0.4 is 0 Å². The molecule has 104 valence electrons. The molecule has 0 radical (unpaired) electrons. The Kier molecular flexibility index (Phi) is 5.01. The van der Waals surface area contributed by atoms with E-state index < -0.39 is 0 Å². The van der Waals surface area contributed by atoms with Gasteiger partial charge >= 0.3 is 0 Å². The van der Waals surface area contributed by atoms with Crippen molar-refractivity contribution in [2.75, 3.05) is 39.8 Å². The summed E-state index contributed by atoms with van der Waals surface area (Å²) in [5.74, 6) is 0.949. The van der Waals surface area contributed by atoms with E-state index in [9.17, 15) is 4.79 Å². The lowest BCUT2D eigenvalue weighted by atomic mass is 9.99. The van der Waals surface area contributed by atoms with Gasteiger partial charge in [-0.3, -0.25) is 4.79 Å². The molecule has 2 aliphatic rings. The molecule has 0 spiro atoms. The van der Waals surface area contributed by atoms with Gasteiger partial charge in [-0.1, -0.05) is 6.92 Å². The lowest BCUT2D eigenvalue weighted by molar-refractivity contribution is -0.140. The van der Waals surface area contributed by atoms with Crippen LogP contribution in [-0.2, 0) is 9.53 Å². The normalized spacial score (nSPS) is 24.4. The molecule has 0 aromatic rings. The van der Waals surface area contributed by atoms with Gasteiger partial charge in [0.2, 0.25) is 5.91 Å². The highest BCUT2D eigenvalue weighted by Gasteiger charge is 2.22. The lowest BCUT2D eigenvalue weighted by Gasteiger charge is -2.32. The van der Waals surface area contributed by atoms with Crippen molar-refractivity contribution in [2.45, 2.75) is 38.7 Å². The molecule has 2 aliphatic heterocycles. The molecule has 0 bridgehead atoms. The van der Waals surface area contributed by atoms with Gasteiger partial charge in [-0.25, -0.2) is 0 Å². The van der Waals surface area contributed by atoms with Crippen LogP contribution in [0.1, 0.15) is 32.6 Å². The van der Waals surface area contributed by atoms with Gasteiger partial charge in [0.15, 0.2) is 0 Å². The minimum atomic E-state index is 0.181. The fourth-order valence-electron chi connectivity index (χ4n) is 2.69. The first kappa shape index (κ1) is 13.8. The van der Waals surface area contributed by atoms with E-state index in [0.717, 1.165) is 57.8 Å². The average Bonchev–Trinajstić information content (AvgIpc) is 2.38. The van der Waals surface area contributed by atoms with E-state index >= 15 is 0 Å². The van der Waals surface area contributed by atoms with Gasteiger partial charge in [-0.15, -0.1) is 0 Å². The van der Waals surface area contributed by atoms with Crippen LogP contribution in [-0.4, -0.2) is 61.6 Å². The molecule has 18 heavy (non-hydrogen) atoms. The summed E-state index contributed by atoms with van der Waals surface area (Å²) in [5.41, 5.74) is 0. The number of carbonyl (C=O) groups is 1. The molecule has 4 heteroatoms. The number of piperidine rings is 2. The van der Waals surface area contributed by atoms with Crippen LogP contribution >= 0.6 is 0 Å². The van der Waals surface area contributed by atoms with Gasteiger partial charge in [0.05, 0.1) is 6.10 Å². The van der Waals surface area contributed by atoms with E-state index in [4.69, 9.17) is 4.74 Å². The zero-order valence-corrected chi connectivity index (χ0v) is 11.7. The predicted octanol–water partition coefficient (Wildman–Crippen LogP) is 1.36. The third-order valence-corrected chi connectivity index (χ3v) is 4.24. The second-order valence-electron chi connectivity index (χ2n) is 5.88.